The fraction of sp³-hybridized carbons (Fsp3) is 0.433. The van der Waals surface area contributed by atoms with Gasteiger partial charge >= 0.3 is 18.5 Å². The molecule has 136 heavy (non-hydrogen) atoms. The highest BCUT2D eigenvalue weighted by atomic mass is 35.5. The van der Waals surface area contributed by atoms with Crippen LogP contribution in [0.2, 0.25) is 15.3 Å². The molecule has 3 atom stereocenters. The Balaban J connectivity index is 0.000000147. The van der Waals surface area contributed by atoms with Crippen molar-refractivity contribution in [2.24, 2.45) is 28.5 Å². The number of primary amides is 1. The number of nitrogens with zero attached hydrogens (tertiary/aromatic N) is 11. The number of nitrogens with two attached hydrogens (primary N) is 2. The van der Waals surface area contributed by atoms with Crippen LogP contribution in [0.25, 0.3) is 33.5 Å². The summed E-state index contributed by atoms with van der Waals surface area (Å²) in [7, 11) is -15.1. The first-order valence-electron chi connectivity index (χ1n) is 43.2. The van der Waals surface area contributed by atoms with Crippen molar-refractivity contribution in [1.82, 2.24) is 48.6 Å². The maximum Gasteiger partial charge on any atom is 0.416 e. The number of hydrogen-bond donors (Lipinski definition) is 5. The van der Waals surface area contributed by atoms with E-state index in [1.807, 2.05) is 34.5 Å². The third kappa shape index (κ3) is 25.7. The minimum atomic E-state index is -4.70. The average molecular weight is 2030 g/mol. The Morgan fingerprint density at radius 1 is 0.419 bits per heavy atom. The number of sulfone groups is 4. The van der Waals surface area contributed by atoms with Gasteiger partial charge in [0.1, 0.15) is 80.3 Å². The van der Waals surface area contributed by atoms with Gasteiger partial charge in [0.25, 0.3) is 0 Å². The van der Waals surface area contributed by atoms with Crippen LogP contribution in [0.15, 0.2) is 122 Å². The van der Waals surface area contributed by atoms with Crippen LogP contribution in [-0.2, 0) is 106 Å². The molecule has 0 spiro atoms. The summed E-state index contributed by atoms with van der Waals surface area (Å²) in [5.74, 6) is 2.47. The summed E-state index contributed by atoms with van der Waals surface area (Å²) in [5.41, 5.74) is 15.5. The fourth-order valence-electron chi connectivity index (χ4n) is 15.7. The Morgan fingerprint density at radius 3 is 1.14 bits per heavy atom. The highest BCUT2D eigenvalue weighted by Gasteiger charge is 2.39. The predicted octanol–water partition coefficient (Wildman–Crippen LogP) is 19.4. The van der Waals surface area contributed by atoms with Crippen LogP contribution >= 0.6 is 34.8 Å². The number of fused-ring (bicyclic) bond motifs is 4. The number of anilines is 7. The Kier molecular flexibility index (Phi) is 31.2. The number of nitrogens with one attached hydrogen (secondary N) is 3. The van der Waals surface area contributed by atoms with Crippen molar-refractivity contribution in [2.75, 3.05) is 66.5 Å². The van der Waals surface area contributed by atoms with Crippen LogP contribution in [0.1, 0.15) is 179 Å². The van der Waals surface area contributed by atoms with Crippen LogP contribution < -0.4 is 27.4 Å². The molecule has 3 saturated carbocycles. The van der Waals surface area contributed by atoms with Crippen molar-refractivity contribution in [3.63, 3.8) is 0 Å². The van der Waals surface area contributed by atoms with Crippen LogP contribution in [0, 0.1) is 45.4 Å². The van der Waals surface area contributed by atoms with Gasteiger partial charge in [0.2, 0.25) is 5.91 Å². The molecule has 1 amide bonds. The third-order valence-electron chi connectivity index (χ3n) is 22.9. The van der Waals surface area contributed by atoms with Gasteiger partial charge in [-0.15, -0.1) is 0 Å². The van der Waals surface area contributed by atoms with Crippen molar-refractivity contribution in [3.05, 3.63) is 169 Å². The third-order valence-corrected chi connectivity index (χ3v) is 28.1. The summed E-state index contributed by atoms with van der Waals surface area (Å²) >= 11 is 18.3. The van der Waals surface area contributed by atoms with Crippen LogP contribution in [-0.4, -0.2) is 150 Å². The Labute approximate surface area is 792 Å². The molecule has 3 unspecified atom stereocenters. The minimum Gasteiger partial charge on any atom is -0.398 e. The van der Waals surface area contributed by atoms with Gasteiger partial charge in [-0.05, 0) is 221 Å². The van der Waals surface area contributed by atoms with Gasteiger partial charge in [-0.3, -0.25) is 38.1 Å². The van der Waals surface area contributed by atoms with E-state index in [-0.39, 0.29) is 93.9 Å². The molecule has 11 heterocycles. The molecule has 4 aliphatic heterocycles. The van der Waals surface area contributed by atoms with E-state index in [2.05, 4.69) is 50.8 Å². The van der Waals surface area contributed by atoms with E-state index in [0.29, 0.717) is 139 Å². The lowest BCUT2D eigenvalue weighted by atomic mass is 10.1. The molecule has 7 aromatic heterocycles. The summed E-state index contributed by atoms with van der Waals surface area (Å²) in [6, 6.07) is 18.8. The van der Waals surface area contributed by atoms with E-state index in [1.165, 1.54) is 6.07 Å². The second-order valence-corrected chi connectivity index (χ2v) is 43.4. The van der Waals surface area contributed by atoms with Crippen molar-refractivity contribution in [1.29, 1.82) is 0 Å². The zero-order chi connectivity index (χ0) is 99.0. The molecule has 3 aliphatic carbocycles. The summed E-state index contributed by atoms with van der Waals surface area (Å²) in [4.78, 5) is 69.7. The number of ether oxygens (including phenoxy) is 3. The fourth-order valence-corrected chi connectivity index (χ4v) is 19.8. The maximum absolute atomic E-state index is 13.3. The minimum absolute atomic E-state index is 0.00289. The van der Waals surface area contributed by atoms with Crippen molar-refractivity contribution < 1.29 is 102 Å². The average Bonchev–Trinajstić information content (AvgIpc) is 1.27. The van der Waals surface area contributed by atoms with E-state index < -0.39 is 89.3 Å². The lowest BCUT2D eigenvalue weighted by Crippen LogP contribution is -2.19. The summed E-state index contributed by atoms with van der Waals surface area (Å²) in [6.07, 6.45) is 3.97. The van der Waals surface area contributed by atoms with Crippen LogP contribution in [0.4, 0.5) is 85.0 Å². The van der Waals surface area contributed by atoms with Crippen molar-refractivity contribution in [2.45, 2.75) is 207 Å². The highest BCUT2D eigenvalue weighted by molar-refractivity contribution is 7.91. The molecule has 0 radical (unpaired) electrons. The van der Waals surface area contributed by atoms with Gasteiger partial charge in [-0.25, -0.2) is 63.6 Å². The Hall–Kier alpha value is -10.5. The van der Waals surface area contributed by atoms with Gasteiger partial charge in [-0.1, -0.05) is 40.9 Å². The second kappa shape index (κ2) is 41.3. The number of amides is 1. The van der Waals surface area contributed by atoms with Gasteiger partial charge < -0.3 is 41.6 Å². The molecule has 6 fully saturated rings. The first-order valence-corrected chi connectivity index (χ1v) is 51.9. The number of rotatable bonds is 20. The lowest BCUT2D eigenvalue weighted by Gasteiger charge is -2.25. The number of Topliss-reactive ketones (excluding diaryl/α,β-unsaturated/α-hetero) is 2. The van der Waals surface area contributed by atoms with Gasteiger partial charge in [0.05, 0.1) is 98.2 Å². The molecule has 11 aromatic rings. The molecule has 18 rings (SSSR count). The molecule has 0 bridgehead atoms. The molecule has 3 saturated heterocycles. The van der Waals surface area contributed by atoms with Crippen molar-refractivity contribution >= 4 is 176 Å². The molecule has 7 N–H and O–H groups in total. The van der Waals surface area contributed by atoms with E-state index in [9.17, 15) is 87.6 Å². The Bertz CT molecular complexity index is 6970. The van der Waals surface area contributed by atoms with Gasteiger partial charge in [0, 0.05) is 93.6 Å². The van der Waals surface area contributed by atoms with Crippen molar-refractivity contribution in [3.8, 4) is 0 Å². The number of benzene rings is 4. The number of pyridine rings is 4. The number of nitrogen functional groups attached to an aromatic ring is 1. The number of hydrogen-bond acceptors (Lipinski definition) is 26. The number of ketones is 2. The lowest BCUT2D eigenvalue weighted by molar-refractivity contribution is -0.138. The number of carbonyl (C=O) groups excluding carboxylic acids is 3. The predicted molar refractivity (Wildman–Crippen MR) is 496 cm³/mol. The molecule has 30 nitrogen and oxygen atoms in total. The summed E-state index contributed by atoms with van der Waals surface area (Å²) in [5, 5.41) is 9.84. The van der Waals surface area contributed by atoms with E-state index in [4.69, 9.17) is 65.5 Å². The SMILES string of the molecule is CC1=Nc2c(Nc3ccc(C(F)(F)F)cc3S(C)(=O)=O)cc(CC(=O)C3CC3)nc2C1.Cc1ccc(N)c(S(C)(=O)=O)c1.Cc1nc2c(Cl)cc(Cl)nc2n1C1CCCCO1.Cc1nc2c(Nc3ccc(C(F)(F)F)cc3S(C)(=O)=O)cc(CC(=O)C3CC3)nc2n1C1CCCCO1.Cc1nc2c(Nc3ccc(C(F)(F)F)cc3S(C)(=O)=O)cc(Cl)nc2n1C1CCCCO1.NC(=O)C1CC1. The number of aryl methyl sites for hydroxylation is 4. The van der Waals surface area contributed by atoms with Gasteiger partial charge in [0.15, 0.2) is 56.3 Å². The first kappa shape index (κ1) is 103. The summed E-state index contributed by atoms with van der Waals surface area (Å²) in [6.45, 7) is 11.2. The molecular formula is C90H98Cl3F9N16O14S4. The highest BCUT2D eigenvalue weighted by Crippen LogP contribution is 2.45. The standard InChI is InChI=1S/C25H27F3N4O4S.C21H20F3N3O3S.C20H20ClF3N4O3S.C12H13Cl2N3O.C8H11NO2S.C4H7NO/c1-14-29-23-19(31-18-9-8-16(25(26,27)28)11-21(18)37(2,34)35)12-17(13-20(33)15-6-7-15)30-24(23)32(14)22-5-3-4-10-36-22;1-11-7-16-20(25-11)17(9-14(26-16)10-18(28)12-3-4-12)27-15-6-5-13(21(22,23)24)8-19(15)31(2,29)30;1-11-25-18-14(10-16(21)27-19(18)28(11)17-5-3-4-8-31-17)26-13-7-6-12(20(22,23)24)9-15(13)32(2,29)30;1-7-15-11-8(13)6-9(14)16-12(11)17(7)10-4-2-3-5-18-10;1-6-3-4-7(9)8(5-6)12(2,10)11;5-4(6)3-1-2-3/h8-9,11-12,15,22H,3-7,10,13H2,1-2H3,(H,30,31);5-6,8-9,12H,3-4,7,10H2,1-2H3,(H,26,27);6-7,9-10,17H,3-5,8H2,1-2H3,(H,26,27);6,10H,2-5H2,1H3;3-5H,9H2,1-2H3;3H,1-2H2,(H2,5,6). The Morgan fingerprint density at radius 2 is 0.779 bits per heavy atom. The smallest absolute Gasteiger partial charge is 0.398 e. The number of aliphatic imine (C=N–C) groups is 1. The molecule has 4 aromatic carbocycles. The quantitative estimate of drug-likeness (QED) is 0.0269. The molecule has 730 valence electrons. The zero-order valence-electron chi connectivity index (χ0n) is 75.0. The maximum atomic E-state index is 13.3. The van der Waals surface area contributed by atoms with E-state index in [1.54, 1.807) is 50.2 Å². The van der Waals surface area contributed by atoms with Crippen LogP contribution in [0.3, 0.4) is 0 Å². The molecular weight excluding hydrogens is 1930 g/mol. The largest absolute Gasteiger partial charge is 0.416 e. The number of carbonyl (C=O) groups is 3. The zero-order valence-corrected chi connectivity index (χ0v) is 80.5. The monoisotopic (exact) mass is 2030 g/mol. The van der Waals surface area contributed by atoms with E-state index >= 15 is 0 Å². The topological polar surface area (TPSA) is 421 Å². The number of aromatic nitrogens is 10. The number of halogens is 12. The normalized spacial score (nSPS) is 17.6. The molecule has 7 aliphatic rings. The second-order valence-electron chi connectivity index (χ2n) is 34.3. The van der Waals surface area contributed by atoms with Crippen LogP contribution in [0.5, 0.6) is 0 Å². The summed E-state index contributed by atoms with van der Waals surface area (Å²) < 4.78 is 238. The molecule has 46 heteroatoms. The number of imidazole rings is 3. The number of alkyl halides is 9. The van der Waals surface area contributed by atoms with E-state index in [0.717, 1.165) is 181 Å². The first-order chi connectivity index (χ1) is 63.7. The van der Waals surface area contributed by atoms with Gasteiger partial charge in [-0.2, -0.15) is 39.5 Å².